The molecule has 2 N–H and O–H groups in total. The highest BCUT2D eigenvalue weighted by atomic mass is 19.1. The van der Waals surface area contributed by atoms with E-state index < -0.39 is 28.1 Å². The first-order valence-electron chi connectivity index (χ1n) is 6.62. The quantitative estimate of drug-likeness (QED) is 0.715. The van der Waals surface area contributed by atoms with Crippen molar-refractivity contribution >= 4 is 22.5 Å². The highest BCUT2D eigenvalue weighted by Gasteiger charge is 2.17. The van der Waals surface area contributed by atoms with Gasteiger partial charge in [-0.3, -0.25) is 9.59 Å². The van der Waals surface area contributed by atoms with Gasteiger partial charge in [-0.15, -0.1) is 0 Å². The minimum absolute atomic E-state index is 0.0776. The number of para-hydroxylation sites is 1. The number of amides is 2. The number of benzene rings is 2. The van der Waals surface area contributed by atoms with E-state index in [1.807, 2.05) is 0 Å². The Labute approximate surface area is 128 Å². The largest absolute Gasteiger partial charge is 0.350 e. The number of primary amides is 1. The summed E-state index contributed by atoms with van der Waals surface area (Å²) in [6.45, 7) is 0. The molecule has 114 valence electrons. The van der Waals surface area contributed by atoms with Crippen LogP contribution >= 0.6 is 0 Å². The highest BCUT2D eigenvalue weighted by molar-refractivity contribution is 5.90. The van der Waals surface area contributed by atoms with E-state index >= 15 is 0 Å². The SMILES string of the molecule is NC(=O)N(/N=c1/c(=O)c2cccc(F)c2c1=O)c1ccccc1. The molecule has 0 spiro atoms. The Hall–Kier alpha value is -3.35. The van der Waals surface area contributed by atoms with Gasteiger partial charge in [0.1, 0.15) is 5.82 Å². The van der Waals surface area contributed by atoms with Crippen molar-refractivity contribution in [1.82, 2.24) is 0 Å². The molecule has 23 heavy (non-hydrogen) atoms. The Bertz CT molecular complexity index is 1050. The Morgan fingerprint density at radius 1 is 1.00 bits per heavy atom. The van der Waals surface area contributed by atoms with Gasteiger partial charge in [0.25, 0.3) is 0 Å². The van der Waals surface area contributed by atoms with Crippen LogP contribution in [-0.2, 0) is 0 Å². The van der Waals surface area contributed by atoms with Gasteiger partial charge in [-0.2, -0.15) is 10.1 Å². The lowest BCUT2D eigenvalue weighted by Crippen LogP contribution is -2.40. The molecule has 0 aliphatic heterocycles. The van der Waals surface area contributed by atoms with E-state index in [4.69, 9.17) is 5.73 Å². The number of urea groups is 1. The predicted molar refractivity (Wildman–Crippen MR) is 82.9 cm³/mol. The third-order valence-corrected chi connectivity index (χ3v) is 3.32. The van der Waals surface area contributed by atoms with Crippen LogP contribution in [0.25, 0.3) is 10.8 Å². The molecule has 3 rings (SSSR count). The van der Waals surface area contributed by atoms with Crippen LogP contribution in [0.4, 0.5) is 14.9 Å². The Balaban J connectivity index is 2.33. The molecule has 0 fully saturated rings. The van der Waals surface area contributed by atoms with E-state index in [0.29, 0.717) is 0 Å². The normalized spacial score (nSPS) is 11.8. The van der Waals surface area contributed by atoms with Crippen LogP contribution in [0.15, 0.2) is 63.2 Å². The standard InChI is InChI=1S/C16H10FN3O3/c17-11-8-4-7-10-12(11)15(22)13(14(10)21)19-20(16(18)23)9-5-2-1-3-6-9/h1-8H,(H2,18,23)/b19-13-. The summed E-state index contributed by atoms with van der Waals surface area (Å²) in [6, 6.07) is 10.8. The summed E-state index contributed by atoms with van der Waals surface area (Å²) in [5.74, 6) is -0.809. The number of halogens is 1. The molecule has 0 heterocycles. The van der Waals surface area contributed by atoms with Crippen molar-refractivity contribution in [2.45, 2.75) is 0 Å². The first kappa shape index (κ1) is 14.6. The molecular weight excluding hydrogens is 301 g/mol. The second-order valence-electron chi connectivity index (χ2n) is 4.75. The van der Waals surface area contributed by atoms with Crippen LogP contribution in [0.5, 0.6) is 0 Å². The molecule has 0 atom stereocenters. The van der Waals surface area contributed by atoms with Gasteiger partial charge in [-0.05, 0) is 18.2 Å². The van der Waals surface area contributed by atoms with Gasteiger partial charge in [0, 0.05) is 5.39 Å². The second kappa shape index (κ2) is 5.45. The number of nitrogens with two attached hydrogens (primary N) is 1. The Morgan fingerprint density at radius 2 is 1.70 bits per heavy atom. The molecule has 6 nitrogen and oxygen atoms in total. The Kier molecular flexibility index (Phi) is 3.46. The minimum Gasteiger partial charge on any atom is -0.350 e. The van der Waals surface area contributed by atoms with Crippen LogP contribution in [0.3, 0.4) is 0 Å². The zero-order chi connectivity index (χ0) is 16.6. The van der Waals surface area contributed by atoms with Gasteiger partial charge in [-0.25, -0.2) is 9.18 Å². The van der Waals surface area contributed by atoms with E-state index in [0.717, 1.165) is 11.1 Å². The maximum Gasteiger partial charge on any atom is 0.340 e. The van der Waals surface area contributed by atoms with Crippen LogP contribution in [0.1, 0.15) is 0 Å². The molecule has 0 aliphatic rings. The molecule has 0 unspecified atom stereocenters. The van der Waals surface area contributed by atoms with Crippen molar-refractivity contribution in [3.8, 4) is 0 Å². The predicted octanol–water partition coefficient (Wildman–Crippen LogP) is 0.976. The van der Waals surface area contributed by atoms with Gasteiger partial charge in [0.15, 0.2) is 5.36 Å². The molecule has 2 amide bonds. The van der Waals surface area contributed by atoms with Gasteiger partial charge >= 0.3 is 6.03 Å². The molecule has 0 aromatic heterocycles. The smallest absolute Gasteiger partial charge is 0.340 e. The number of fused-ring (bicyclic) bond motifs is 1. The number of nitrogens with zero attached hydrogens (tertiary/aromatic N) is 2. The molecule has 0 saturated heterocycles. The first-order valence-corrected chi connectivity index (χ1v) is 6.62. The molecule has 3 aromatic rings. The number of rotatable bonds is 2. The maximum absolute atomic E-state index is 13.8. The summed E-state index contributed by atoms with van der Waals surface area (Å²) in [5.41, 5.74) is 3.92. The fourth-order valence-corrected chi connectivity index (χ4v) is 2.29. The maximum atomic E-state index is 13.8. The summed E-state index contributed by atoms with van der Waals surface area (Å²) in [4.78, 5) is 36.1. The lowest BCUT2D eigenvalue weighted by Gasteiger charge is -2.12. The summed E-state index contributed by atoms with van der Waals surface area (Å²) in [7, 11) is 0. The number of hydrogen-bond acceptors (Lipinski definition) is 4. The van der Waals surface area contributed by atoms with Crippen molar-refractivity contribution in [2.75, 3.05) is 5.01 Å². The molecule has 0 bridgehead atoms. The molecule has 0 saturated carbocycles. The number of carbonyl (C=O) groups excluding carboxylic acids is 1. The van der Waals surface area contributed by atoms with Crippen molar-refractivity contribution < 1.29 is 9.18 Å². The number of hydrogen-bond donors (Lipinski definition) is 1. The first-order chi connectivity index (χ1) is 11.0. The van der Waals surface area contributed by atoms with Gasteiger partial charge in [-0.1, -0.05) is 30.3 Å². The molecule has 7 heteroatoms. The zero-order valence-corrected chi connectivity index (χ0v) is 11.7. The van der Waals surface area contributed by atoms with Crippen LogP contribution < -0.4 is 27.0 Å². The monoisotopic (exact) mass is 311 g/mol. The van der Waals surface area contributed by atoms with Crippen molar-refractivity contribution in [3.63, 3.8) is 0 Å². The van der Waals surface area contributed by atoms with Crippen LogP contribution in [0.2, 0.25) is 0 Å². The Morgan fingerprint density at radius 3 is 2.30 bits per heavy atom. The third-order valence-electron chi connectivity index (χ3n) is 3.32. The zero-order valence-electron chi connectivity index (χ0n) is 11.7. The number of carbonyl (C=O) groups is 1. The van der Waals surface area contributed by atoms with Crippen LogP contribution in [-0.4, -0.2) is 6.03 Å². The fraction of sp³-hybridized carbons (Fsp3) is 0. The molecule has 3 aromatic carbocycles. The average molecular weight is 311 g/mol. The lowest BCUT2D eigenvalue weighted by atomic mass is 10.2. The van der Waals surface area contributed by atoms with Gasteiger partial charge in [0.2, 0.25) is 10.9 Å². The van der Waals surface area contributed by atoms with Gasteiger partial charge in [0.05, 0.1) is 11.1 Å². The van der Waals surface area contributed by atoms with Crippen LogP contribution in [0, 0.1) is 5.82 Å². The fourth-order valence-electron chi connectivity index (χ4n) is 2.29. The van der Waals surface area contributed by atoms with E-state index in [2.05, 4.69) is 5.10 Å². The summed E-state index contributed by atoms with van der Waals surface area (Å²) in [5, 5.41) is 3.54. The van der Waals surface area contributed by atoms with E-state index in [1.165, 1.54) is 24.3 Å². The highest BCUT2D eigenvalue weighted by Crippen LogP contribution is 2.13. The van der Waals surface area contributed by atoms with E-state index in [-0.39, 0.29) is 16.5 Å². The topological polar surface area (TPSA) is 92.8 Å². The molecular formula is C16H10FN3O3. The van der Waals surface area contributed by atoms with Gasteiger partial charge < -0.3 is 5.73 Å². The minimum atomic E-state index is -0.972. The van der Waals surface area contributed by atoms with E-state index in [9.17, 15) is 18.8 Å². The molecule has 0 radical (unpaired) electrons. The second-order valence-corrected chi connectivity index (χ2v) is 4.75. The summed E-state index contributed by atoms with van der Waals surface area (Å²) in [6.07, 6.45) is 0. The third kappa shape index (κ3) is 2.38. The average Bonchev–Trinajstić information content (AvgIpc) is 2.78. The van der Waals surface area contributed by atoms with Crippen molar-refractivity contribution in [3.05, 3.63) is 80.2 Å². The summed E-state index contributed by atoms with van der Waals surface area (Å²) >= 11 is 0. The number of anilines is 1. The van der Waals surface area contributed by atoms with E-state index in [1.54, 1.807) is 18.2 Å². The van der Waals surface area contributed by atoms with Crippen molar-refractivity contribution in [2.24, 2.45) is 10.8 Å². The molecule has 0 aliphatic carbocycles. The lowest BCUT2D eigenvalue weighted by molar-refractivity contribution is 0.254. The summed E-state index contributed by atoms with van der Waals surface area (Å²) < 4.78 is 13.8. The van der Waals surface area contributed by atoms with Crippen molar-refractivity contribution in [1.29, 1.82) is 0 Å².